The van der Waals surface area contributed by atoms with Crippen LogP contribution in [0, 0.1) is 10.8 Å². The second kappa shape index (κ2) is 5.52. The number of rotatable bonds is 2. The van der Waals surface area contributed by atoms with Crippen molar-refractivity contribution in [2.45, 2.75) is 59.4 Å². The predicted octanol–water partition coefficient (Wildman–Crippen LogP) is 4.85. The topological polar surface area (TPSA) is 15.3 Å². The Labute approximate surface area is 140 Å². The van der Waals surface area contributed by atoms with Crippen molar-refractivity contribution >= 4 is 23.0 Å². The first-order valence-electron chi connectivity index (χ1n) is 8.47. The standard InChI is InChI=1S/C19H28N2S/c1-5-14-6-8-15(9-7-14)20-17(22)21-13-19(4)11-16(21)10-18(2,3)12-19/h6-9,16H,5,10-13H2,1-4H3,(H,20,22). The quantitative estimate of drug-likeness (QED) is 0.785. The second-order valence-electron chi connectivity index (χ2n) is 8.32. The van der Waals surface area contributed by atoms with Crippen molar-refractivity contribution in [3.8, 4) is 0 Å². The number of nitrogens with zero attached hydrogens (tertiary/aromatic N) is 1. The summed E-state index contributed by atoms with van der Waals surface area (Å²) in [5.41, 5.74) is 3.32. The molecular weight excluding hydrogens is 288 g/mol. The monoisotopic (exact) mass is 316 g/mol. The molecule has 120 valence electrons. The minimum Gasteiger partial charge on any atom is -0.345 e. The maximum Gasteiger partial charge on any atom is 0.173 e. The molecule has 0 spiro atoms. The Morgan fingerprint density at radius 1 is 1.23 bits per heavy atom. The van der Waals surface area contributed by atoms with E-state index in [1.165, 1.54) is 24.8 Å². The van der Waals surface area contributed by atoms with Gasteiger partial charge < -0.3 is 10.2 Å². The Balaban J connectivity index is 1.70. The van der Waals surface area contributed by atoms with E-state index in [-0.39, 0.29) is 0 Å². The van der Waals surface area contributed by atoms with Gasteiger partial charge in [0.2, 0.25) is 0 Å². The molecule has 2 bridgehead atoms. The number of aryl methyl sites for hydroxylation is 1. The summed E-state index contributed by atoms with van der Waals surface area (Å²) < 4.78 is 0. The molecule has 1 aliphatic carbocycles. The smallest absolute Gasteiger partial charge is 0.173 e. The highest BCUT2D eigenvalue weighted by atomic mass is 32.1. The van der Waals surface area contributed by atoms with Crippen molar-refractivity contribution in [2.75, 3.05) is 11.9 Å². The van der Waals surface area contributed by atoms with Gasteiger partial charge in [-0.25, -0.2) is 0 Å². The zero-order chi connectivity index (χ0) is 16.0. The number of thiocarbonyl (C=S) groups is 1. The summed E-state index contributed by atoms with van der Waals surface area (Å²) >= 11 is 5.72. The molecule has 1 saturated heterocycles. The predicted molar refractivity (Wildman–Crippen MR) is 98.3 cm³/mol. The van der Waals surface area contributed by atoms with E-state index in [0.717, 1.165) is 23.8 Å². The molecule has 2 fully saturated rings. The van der Waals surface area contributed by atoms with Gasteiger partial charge in [0.15, 0.2) is 5.11 Å². The molecule has 22 heavy (non-hydrogen) atoms. The fourth-order valence-electron chi connectivity index (χ4n) is 4.72. The Bertz CT molecular complexity index is 563. The van der Waals surface area contributed by atoms with Gasteiger partial charge in [0.25, 0.3) is 0 Å². The van der Waals surface area contributed by atoms with Gasteiger partial charge in [-0.15, -0.1) is 0 Å². The lowest BCUT2D eigenvalue weighted by Crippen LogP contribution is -2.39. The van der Waals surface area contributed by atoms with E-state index in [2.05, 4.69) is 62.2 Å². The zero-order valence-corrected chi connectivity index (χ0v) is 15.1. The van der Waals surface area contributed by atoms with Crippen LogP contribution in [0.15, 0.2) is 24.3 Å². The summed E-state index contributed by atoms with van der Waals surface area (Å²) in [5.74, 6) is 0. The molecule has 2 aliphatic rings. The molecule has 0 amide bonds. The molecule has 0 radical (unpaired) electrons. The summed E-state index contributed by atoms with van der Waals surface area (Å²) in [4.78, 5) is 2.44. The Kier molecular flexibility index (Phi) is 3.96. The van der Waals surface area contributed by atoms with Gasteiger partial charge in [-0.3, -0.25) is 0 Å². The average molecular weight is 317 g/mol. The molecular formula is C19H28N2S. The van der Waals surface area contributed by atoms with Crippen LogP contribution in [-0.4, -0.2) is 22.6 Å². The molecule has 2 atom stereocenters. The number of anilines is 1. The van der Waals surface area contributed by atoms with E-state index in [1.54, 1.807) is 0 Å². The number of hydrogen-bond acceptors (Lipinski definition) is 1. The van der Waals surface area contributed by atoms with Gasteiger partial charge >= 0.3 is 0 Å². The van der Waals surface area contributed by atoms with Gasteiger partial charge in [0.1, 0.15) is 0 Å². The molecule has 0 aromatic heterocycles. The van der Waals surface area contributed by atoms with Gasteiger partial charge in [-0.1, -0.05) is 39.8 Å². The van der Waals surface area contributed by atoms with Crippen molar-refractivity contribution in [3.05, 3.63) is 29.8 Å². The highest BCUT2D eigenvalue weighted by Gasteiger charge is 2.50. The molecule has 1 heterocycles. The van der Waals surface area contributed by atoms with E-state index < -0.39 is 0 Å². The van der Waals surface area contributed by atoms with Crippen LogP contribution in [0.4, 0.5) is 5.69 Å². The van der Waals surface area contributed by atoms with E-state index in [9.17, 15) is 0 Å². The molecule has 2 nitrogen and oxygen atoms in total. The van der Waals surface area contributed by atoms with Gasteiger partial charge in [-0.2, -0.15) is 0 Å². The van der Waals surface area contributed by atoms with Crippen LogP contribution in [-0.2, 0) is 6.42 Å². The number of hydrogen-bond donors (Lipinski definition) is 1. The van der Waals surface area contributed by atoms with E-state index in [1.807, 2.05) is 0 Å². The number of fused-ring (bicyclic) bond motifs is 2. The highest BCUT2D eigenvalue weighted by Crippen LogP contribution is 2.52. The fraction of sp³-hybridized carbons (Fsp3) is 0.632. The summed E-state index contributed by atoms with van der Waals surface area (Å²) in [6.07, 6.45) is 4.92. The van der Waals surface area contributed by atoms with Crippen molar-refractivity contribution in [2.24, 2.45) is 10.8 Å². The van der Waals surface area contributed by atoms with Crippen LogP contribution in [0.1, 0.15) is 52.5 Å². The first-order valence-corrected chi connectivity index (χ1v) is 8.88. The molecule has 1 aromatic rings. The van der Waals surface area contributed by atoms with Crippen molar-refractivity contribution < 1.29 is 0 Å². The summed E-state index contributed by atoms with van der Waals surface area (Å²) in [6.45, 7) is 10.5. The van der Waals surface area contributed by atoms with E-state index in [4.69, 9.17) is 12.2 Å². The SMILES string of the molecule is CCc1ccc(NC(=S)N2CC3(C)CC2CC(C)(C)C3)cc1. The normalized spacial score (nSPS) is 29.5. The van der Waals surface area contributed by atoms with Crippen molar-refractivity contribution in [3.63, 3.8) is 0 Å². The average Bonchev–Trinajstić information content (AvgIpc) is 2.69. The summed E-state index contributed by atoms with van der Waals surface area (Å²) in [7, 11) is 0. The number of benzene rings is 1. The van der Waals surface area contributed by atoms with Crippen LogP contribution in [0.2, 0.25) is 0 Å². The minimum absolute atomic E-state index is 0.421. The lowest BCUT2D eigenvalue weighted by Gasteiger charge is -2.39. The molecule has 1 N–H and O–H groups in total. The summed E-state index contributed by atoms with van der Waals surface area (Å²) in [6, 6.07) is 9.23. The molecule has 1 aromatic carbocycles. The fourth-order valence-corrected chi connectivity index (χ4v) is 5.05. The number of nitrogens with one attached hydrogen (secondary N) is 1. The van der Waals surface area contributed by atoms with Crippen LogP contribution < -0.4 is 5.32 Å². The maximum absolute atomic E-state index is 5.72. The third-order valence-electron chi connectivity index (χ3n) is 5.29. The van der Waals surface area contributed by atoms with Crippen LogP contribution in [0.25, 0.3) is 0 Å². The Hall–Kier alpha value is -1.09. The van der Waals surface area contributed by atoms with Crippen molar-refractivity contribution in [1.82, 2.24) is 4.90 Å². The molecule has 3 rings (SSSR count). The first-order chi connectivity index (χ1) is 10.3. The van der Waals surface area contributed by atoms with Gasteiger partial charge in [0, 0.05) is 18.3 Å². The van der Waals surface area contributed by atoms with E-state index >= 15 is 0 Å². The van der Waals surface area contributed by atoms with Crippen LogP contribution in [0.5, 0.6) is 0 Å². The maximum atomic E-state index is 5.72. The van der Waals surface area contributed by atoms with E-state index in [0.29, 0.717) is 16.9 Å². The third kappa shape index (κ3) is 3.15. The van der Waals surface area contributed by atoms with Crippen molar-refractivity contribution in [1.29, 1.82) is 0 Å². The molecule has 3 heteroatoms. The third-order valence-corrected chi connectivity index (χ3v) is 5.63. The summed E-state index contributed by atoms with van der Waals surface area (Å²) in [5, 5.41) is 4.35. The molecule has 1 aliphatic heterocycles. The molecule has 1 saturated carbocycles. The highest BCUT2D eigenvalue weighted by molar-refractivity contribution is 7.80. The Morgan fingerprint density at radius 2 is 1.91 bits per heavy atom. The minimum atomic E-state index is 0.421. The lowest BCUT2D eigenvalue weighted by atomic mass is 9.65. The zero-order valence-electron chi connectivity index (χ0n) is 14.3. The lowest BCUT2D eigenvalue weighted by molar-refractivity contribution is 0.132. The van der Waals surface area contributed by atoms with Crippen LogP contribution in [0.3, 0.4) is 0 Å². The molecule has 2 unspecified atom stereocenters. The first kappa shape index (κ1) is 15.8. The van der Waals surface area contributed by atoms with Crippen LogP contribution >= 0.6 is 12.2 Å². The second-order valence-corrected chi connectivity index (χ2v) is 8.71. The Morgan fingerprint density at radius 3 is 2.55 bits per heavy atom. The number of likely N-dealkylation sites (tertiary alicyclic amines) is 1. The van der Waals surface area contributed by atoms with Gasteiger partial charge in [-0.05, 0) is 66.4 Å². The van der Waals surface area contributed by atoms with Gasteiger partial charge in [0.05, 0.1) is 0 Å². The largest absolute Gasteiger partial charge is 0.345 e.